The first kappa shape index (κ1) is 59.0. The van der Waals surface area contributed by atoms with Crippen molar-refractivity contribution < 1.29 is 48.5 Å². The number of imidazole rings is 1. The zero-order chi connectivity index (χ0) is 56.6. The minimum Gasteiger partial charge on any atom is -0.393 e. The monoisotopic (exact) mass is 1140 g/mol. The predicted octanol–water partition coefficient (Wildman–Crippen LogP) is 9.27. The highest BCUT2D eigenvalue weighted by molar-refractivity contribution is 8.22. The third-order valence-corrected chi connectivity index (χ3v) is 20.7. The van der Waals surface area contributed by atoms with Gasteiger partial charge in [-0.2, -0.15) is 4.98 Å². The second kappa shape index (κ2) is 24.6. The topological polar surface area (TPSA) is 215 Å². The van der Waals surface area contributed by atoms with Crippen molar-refractivity contribution in [1.82, 2.24) is 19.5 Å². The molecule has 1 unspecified atom stereocenters. The number of nitrogens with two attached hydrogens (primary N) is 1. The van der Waals surface area contributed by atoms with Gasteiger partial charge in [-0.1, -0.05) is 124 Å². The Balaban J connectivity index is 0.000000120. The quantitative estimate of drug-likeness (QED) is 0.0618. The molecule has 4 aliphatic carbocycles. The number of hydrogen-bond acceptors (Lipinski definition) is 16. The second-order valence-electron chi connectivity index (χ2n) is 23.5. The summed E-state index contributed by atoms with van der Waals surface area (Å²) in [6.07, 6.45) is 11.5. The van der Waals surface area contributed by atoms with E-state index in [1.165, 1.54) is 29.4 Å². The molecule has 18 atom stereocenters. The molecular formula is C62H83N5O11S2. The number of ether oxygens (including phenoxy) is 7. The van der Waals surface area contributed by atoms with Crippen LogP contribution in [0.2, 0.25) is 0 Å². The second-order valence-corrected chi connectivity index (χ2v) is 25.0. The Morgan fingerprint density at radius 1 is 0.713 bits per heavy atom. The number of thioether (sulfide) groups is 1. The van der Waals surface area contributed by atoms with Crippen LogP contribution in [0.25, 0.3) is 11.2 Å². The summed E-state index contributed by atoms with van der Waals surface area (Å²) in [5.74, 6) is 1.36. The van der Waals surface area contributed by atoms with Crippen LogP contribution >= 0.6 is 24.0 Å². The van der Waals surface area contributed by atoms with Crippen molar-refractivity contribution in [2.24, 2.45) is 29.6 Å². The van der Waals surface area contributed by atoms with Crippen molar-refractivity contribution in [2.75, 3.05) is 18.6 Å². The van der Waals surface area contributed by atoms with Crippen LogP contribution in [0.1, 0.15) is 122 Å². The van der Waals surface area contributed by atoms with E-state index in [1.807, 2.05) is 37.3 Å². The van der Waals surface area contributed by atoms with E-state index in [-0.39, 0.29) is 83.3 Å². The number of aliphatic hydroxyl groups is 3. The molecule has 8 fully saturated rings. The van der Waals surface area contributed by atoms with Crippen LogP contribution < -0.4 is 11.3 Å². The Kier molecular flexibility index (Phi) is 18.1. The van der Waals surface area contributed by atoms with Crippen molar-refractivity contribution in [3.8, 4) is 0 Å². The molecule has 6 heterocycles. The number of benzene rings is 3. The molecule has 4 saturated heterocycles. The molecule has 2 aromatic heterocycles. The average Bonchev–Trinajstić information content (AvgIpc) is 4.56. The fourth-order valence-corrected chi connectivity index (χ4v) is 15.8. The lowest BCUT2D eigenvalue weighted by atomic mass is 9.91. The summed E-state index contributed by atoms with van der Waals surface area (Å²) < 4.78 is 45.9. The molecule has 13 rings (SSSR count). The third-order valence-electron chi connectivity index (χ3n) is 19.2. The number of aromatic amines is 1. The number of nitrogens with one attached hydrogen (secondary N) is 1. The molecule has 0 amide bonds. The van der Waals surface area contributed by atoms with Crippen LogP contribution in [0.15, 0.2) is 102 Å². The Hall–Kier alpha value is -4.15. The highest BCUT2D eigenvalue weighted by atomic mass is 32.2. The maximum Gasteiger partial charge on any atom is 0.280 e. The molecule has 3 aromatic carbocycles. The van der Waals surface area contributed by atoms with Crippen molar-refractivity contribution in [3.05, 3.63) is 124 Å². The van der Waals surface area contributed by atoms with E-state index in [1.54, 1.807) is 16.3 Å². The molecule has 6 N–H and O–H groups in total. The zero-order valence-corrected chi connectivity index (χ0v) is 49.0. The minimum atomic E-state index is -0.932. The van der Waals surface area contributed by atoms with Gasteiger partial charge in [0, 0.05) is 36.0 Å². The van der Waals surface area contributed by atoms with Gasteiger partial charge in [-0.3, -0.25) is 14.3 Å². The number of aliphatic hydroxyl groups excluding tert-OH is 3. The molecule has 434 valence electrons. The number of nitrogens with zero attached hydrogens (tertiary/aromatic N) is 3. The van der Waals surface area contributed by atoms with Crippen LogP contribution in [0, 0.1) is 29.6 Å². The molecule has 4 saturated carbocycles. The number of thiocarbonyl (C=S) groups is 1. The van der Waals surface area contributed by atoms with Crippen LogP contribution in [-0.2, 0) is 53.0 Å². The lowest BCUT2D eigenvalue weighted by Crippen LogP contribution is -2.40. The summed E-state index contributed by atoms with van der Waals surface area (Å²) in [4.78, 5) is 22.3. The van der Waals surface area contributed by atoms with E-state index in [0.717, 1.165) is 42.7 Å². The number of fused-ring (bicyclic) bond motifs is 9. The average molecular weight is 1140 g/mol. The fraction of sp³-hybridized carbons (Fsp3) is 0.613. The molecular weight excluding hydrogens is 1050 g/mol. The summed E-state index contributed by atoms with van der Waals surface area (Å²) in [5.41, 5.74) is 7.91. The number of H-pyrrole nitrogens is 1. The molecule has 80 heavy (non-hydrogen) atoms. The van der Waals surface area contributed by atoms with Gasteiger partial charge in [0.15, 0.2) is 11.2 Å². The largest absolute Gasteiger partial charge is 0.393 e. The fourth-order valence-electron chi connectivity index (χ4n) is 15.0. The van der Waals surface area contributed by atoms with Gasteiger partial charge in [-0.15, -0.1) is 11.8 Å². The SMILES string of the molecule is CC[C@@]12CC[C@@H]([C@H](C)O1)[C@@H]2OCc1ccccc1.CC[C@@]12C[C@H](C(=S)SC)[C@@H]([C@H](C)O1)[C@@H]2OCc1ccccc1.CC[C@@]12C[C@H](O)[C@@H]([C@H](C)O1)[C@@H]2OCc1ccccc1.Nc1nc2c(ncn2[C@@H]2O[C@@]3(CO)CC[C@@H]2C3O)c(=O)[nH]1. The van der Waals surface area contributed by atoms with E-state index in [0.29, 0.717) is 62.2 Å². The van der Waals surface area contributed by atoms with Crippen molar-refractivity contribution in [3.63, 3.8) is 0 Å². The molecule has 0 spiro atoms. The maximum atomic E-state index is 11.8. The number of rotatable bonds is 15. The standard InChI is InChI=1S/C18H24O2S2.C16H22O3.C16H22O2.C12H15N5O4/c1-4-18-10-14(17(21)22-3)15(12(2)20-18)16(18)19-11-13-8-6-5-7-9-13;1-3-16-9-13(17)14(11(2)19-16)15(16)18-10-12-7-5-4-6-8-12;1-3-16-10-9-14(12(2)18-16)15(16)17-11-13-7-5-4-6-8-13;13-11-15-8-6(9(20)16-11)14-4-17(8)10-5-1-2-12(3-18,21-10)7(5)19/h5-9,12,14-16H,4,10-11H2,1-3H3;4-8,11,13-15,17H,3,9-10H2,1-2H3;4-8,12,14-15H,3,9-11H2,1-2H3;4-5,7,10,18-19H,1-3H2,(H3,13,15,16,20)/t12-,14-,15+,16-,18-;11-,13-,14+,15-,16-;12-,14-,15-,16-;5-,7?,10-,12-/m0001/s1. The van der Waals surface area contributed by atoms with Crippen molar-refractivity contribution in [1.29, 1.82) is 0 Å². The minimum absolute atomic E-state index is 0.00113. The maximum absolute atomic E-state index is 11.8. The number of nitrogen functional groups attached to an aromatic ring is 1. The Labute approximate surface area is 480 Å². The summed E-state index contributed by atoms with van der Waals surface area (Å²) in [6.45, 7) is 14.7. The van der Waals surface area contributed by atoms with Crippen molar-refractivity contribution in [2.45, 2.75) is 197 Å². The molecule has 16 nitrogen and oxygen atoms in total. The molecule has 4 aliphatic heterocycles. The smallest absolute Gasteiger partial charge is 0.280 e. The summed E-state index contributed by atoms with van der Waals surface area (Å²) in [6, 6.07) is 31.0. The third kappa shape index (κ3) is 11.1. The normalized spacial score (nSPS) is 37.5. The van der Waals surface area contributed by atoms with Crippen LogP contribution in [0.5, 0.6) is 0 Å². The summed E-state index contributed by atoms with van der Waals surface area (Å²) in [5, 5.41) is 30.0. The highest BCUT2D eigenvalue weighted by Gasteiger charge is 2.65. The molecule has 8 aliphatic rings. The lowest BCUT2D eigenvalue weighted by molar-refractivity contribution is -0.138. The van der Waals surface area contributed by atoms with Gasteiger partial charge < -0.3 is 54.2 Å². The van der Waals surface area contributed by atoms with E-state index in [2.05, 4.69) is 116 Å². The van der Waals surface area contributed by atoms with Gasteiger partial charge in [-0.05, 0) is 95.1 Å². The summed E-state index contributed by atoms with van der Waals surface area (Å²) in [7, 11) is 0. The number of aromatic nitrogens is 4. The molecule has 8 bridgehead atoms. The predicted molar refractivity (Wildman–Crippen MR) is 312 cm³/mol. The molecule has 0 radical (unpaired) electrons. The molecule has 5 aromatic rings. The van der Waals surface area contributed by atoms with Gasteiger partial charge in [-0.25, -0.2) is 4.98 Å². The lowest BCUT2D eigenvalue weighted by Gasteiger charge is -2.33. The Morgan fingerprint density at radius 3 is 1.73 bits per heavy atom. The van der Waals surface area contributed by atoms with Gasteiger partial charge in [0.2, 0.25) is 5.95 Å². The van der Waals surface area contributed by atoms with Gasteiger partial charge >= 0.3 is 0 Å². The van der Waals surface area contributed by atoms with Crippen LogP contribution in [0.4, 0.5) is 5.95 Å². The zero-order valence-electron chi connectivity index (χ0n) is 47.4. The van der Waals surface area contributed by atoms with E-state index in [9.17, 15) is 20.1 Å². The van der Waals surface area contributed by atoms with Gasteiger partial charge in [0.1, 0.15) is 11.8 Å². The Bertz CT molecular complexity index is 2910. The van der Waals surface area contributed by atoms with Gasteiger partial charge in [0.05, 0.1) is 103 Å². The molecule has 18 heteroatoms. The first-order chi connectivity index (χ1) is 38.6. The van der Waals surface area contributed by atoms with Crippen LogP contribution in [0.3, 0.4) is 0 Å². The van der Waals surface area contributed by atoms with E-state index < -0.39 is 23.5 Å². The number of hydrogen-bond donors (Lipinski definition) is 5. The van der Waals surface area contributed by atoms with Crippen molar-refractivity contribution >= 4 is 45.3 Å². The number of anilines is 1. The van der Waals surface area contributed by atoms with E-state index in [4.69, 9.17) is 51.1 Å². The van der Waals surface area contributed by atoms with Crippen LogP contribution in [-0.4, -0.2) is 123 Å². The first-order valence-corrected chi connectivity index (χ1v) is 30.7. The van der Waals surface area contributed by atoms with Gasteiger partial charge in [0.25, 0.3) is 5.56 Å². The van der Waals surface area contributed by atoms with E-state index >= 15 is 0 Å². The first-order valence-electron chi connectivity index (χ1n) is 29.0. The highest BCUT2D eigenvalue weighted by Crippen LogP contribution is 2.57. The Morgan fingerprint density at radius 2 is 1.21 bits per heavy atom. The summed E-state index contributed by atoms with van der Waals surface area (Å²) >= 11 is 7.32.